The summed E-state index contributed by atoms with van der Waals surface area (Å²) in [7, 11) is 1.41. The maximum absolute atomic E-state index is 13.1. The van der Waals surface area contributed by atoms with Crippen molar-refractivity contribution in [3.8, 4) is 0 Å². The Kier molecular flexibility index (Phi) is 2.35. The van der Waals surface area contributed by atoms with Crippen molar-refractivity contribution in [3.05, 3.63) is 32.9 Å². The summed E-state index contributed by atoms with van der Waals surface area (Å²) >= 11 is 0. The molecule has 1 heterocycles. The minimum absolute atomic E-state index is 0.510. The van der Waals surface area contributed by atoms with Gasteiger partial charge in [0, 0.05) is 18.8 Å². The summed E-state index contributed by atoms with van der Waals surface area (Å²) in [6, 6.07) is 0. The molecule has 0 aliphatic rings. The quantitative estimate of drug-likeness (QED) is 0.610. The first-order valence-corrected chi connectivity index (χ1v) is 4.24. The van der Waals surface area contributed by atoms with Gasteiger partial charge in [0.2, 0.25) is 5.82 Å². The van der Waals surface area contributed by atoms with Crippen molar-refractivity contribution in [1.82, 2.24) is 9.13 Å². The number of aryl methyl sites for hydroxylation is 1. The van der Waals surface area contributed by atoms with E-state index in [9.17, 15) is 14.0 Å². The molecule has 0 amide bonds. The highest BCUT2D eigenvalue weighted by molar-refractivity contribution is 4.93. The molecule has 1 aromatic rings. The number of hydrogen-bond acceptors (Lipinski definition) is 2. The molecule has 0 aliphatic heterocycles. The number of rotatable bonds is 0. The maximum Gasteiger partial charge on any atom is 0.331 e. The van der Waals surface area contributed by atoms with Crippen LogP contribution in [0.1, 0.15) is 20.8 Å². The molecule has 1 rings (SSSR count). The topological polar surface area (TPSA) is 44.0 Å². The molecular formula is C9H13FN2O2. The van der Waals surface area contributed by atoms with Gasteiger partial charge in [-0.05, 0) is 20.8 Å². The first kappa shape index (κ1) is 10.7. The third kappa shape index (κ3) is 1.62. The molecule has 1 aromatic heterocycles. The van der Waals surface area contributed by atoms with E-state index in [1.165, 1.54) is 7.05 Å². The summed E-state index contributed by atoms with van der Waals surface area (Å²) < 4.78 is 15.0. The van der Waals surface area contributed by atoms with Crippen LogP contribution in [0.2, 0.25) is 0 Å². The maximum atomic E-state index is 13.1. The fraction of sp³-hybridized carbons (Fsp3) is 0.556. The Labute approximate surface area is 80.6 Å². The van der Waals surface area contributed by atoms with Crippen molar-refractivity contribution in [2.45, 2.75) is 26.3 Å². The van der Waals surface area contributed by atoms with E-state index in [-0.39, 0.29) is 0 Å². The van der Waals surface area contributed by atoms with E-state index >= 15 is 0 Å². The molecule has 0 spiro atoms. The molecular weight excluding hydrogens is 187 g/mol. The van der Waals surface area contributed by atoms with Crippen LogP contribution < -0.4 is 11.2 Å². The zero-order valence-corrected chi connectivity index (χ0v) is 8.67. The van der Waals surface area contributed by atoms with E-state index < -0.39 is 22.6 Å². The van der Waals surface area contributed by atoms with Crippen LogP contribution in [0.4, 0.5) is 4.39 Å². The van der Waals surface area contributed by atoms with Gasteiger partial charge in [0.25, 0.3) is 5.56 Å². The zero-order valence-electron chi connectivity index (χ0n) is 8.67. The number of nitrogens with zero attached hydrogens (tertiary/aromatic N) is 2. The molecule has 0 unspecified atom stereocenters. The molecule has 0 fully saturated rings. The van der Waals surface area contributed by atoms with Gasteiger partial charge in [-0.2, -0.15) is 4.39 Å². The van der Waals surface area contributed by atoms with Gasteiger partial charge in [-0.25, -0.2) is 4.79 Å². The average molecular weight is 200 g/mol. The highest BCUT2D eigenvalue weighted by Crippen LogP contribution is 2.07. The van der Waals surface area contributed by atoms with Gasteiger partial charge in [0.05, 0.1) is 0 Å². The molecule has 14 heavy (non-hydrogen) atoms. The first-order valence-electron chi connectivity index (χ1n) is 4.24. The van der Waals surface area contributed by atoms with Gasteiger partial charge in [0.1, 0.15) is 0 Å². The molecule has 78 valence electrons. The van der Waals surface area contributed by atoms with Crippen molar-refractivity contribution in [1.29, 1.82) is 0 Å². The van der Waals surface area contributed by atoms with Crippen LogP contribution in [0.25, 0.3) is 0 Å². The van der Waals surface area contributed by atoms with Crippen molar-refractivity contribution < 1.29 is 4.39 Å². The summed E-state index contributed by atoms with van der Waals surface area (Å²) in [6.07, 6.45) is 0.896. The molecule has 0 saturated heterocycles. The second-order valence-corrected chi connectivity index (χ2v) is 4.18. The van der Waals surface area contributed by atoms with Crippen LogP contribution in [0.5, 0.6) is 0 Å². The first-order chi connectivity index (χ1) is 6.25. The molecule has 0 atom stereocenters. The lowest BCUT2D eigenvalue weighted by molar-refractivity contribution is 0.344. The Bertz CT molecular complexity index is 431. The Morgan fingerprint density at radius 2 is 1.79 bits per heavy atom. The van der Waals surface area contributed by atoms with E-state index in [4.69, 9.17) is 0 Å². The Hall–Kier alpha value is -1.39. The third-order valence-corrected chi connectivity index (χ3v) is 1.88. The summed E-state index contributed by atoms with van der Waals surface area (Å²) in [5, 5.41) is 0. The second kappa shape index (κ2) is 3.08. The average Bonchev–Trinajstić information content (AvgIpc) is 1.98. The number of aromatic nitrogens is 2. The molecule has 0 aliphatic carbocycles. The second-order valence-electron chi connectivity index (χ2n) is 4.18. The van der Waals surface area contributed by atoms with Gasteiger partial charge in [-0.15, -0.1) is 0 Å². The van der Waals surface area contributed by atoms with Gasteiger partial charge in [-0.3, -0.25) is 9.36 Å². The Morgan fingerprint density at radius 1 is 1.29 bits per heavy atom. The molecule has 0 saturated carbocycles. The van der Waals surface area contributed by atoms with Gasteiger partial charge < -0.3 is 4.57 Å². The highest BCUT2D eigenvalue weighted by atomic mass is 19.1. The third-order valence-electron chi connectivity index (χ3n) is 1.88. The van der Waals surface area contributed by atoms with Crippen LogP contribution in [-0.4, -0.2) is 9.13 Å². The smallest absolute Gasteiger partial charge is 0.301 e. The van der Waals surface area contributed by atoms with E-state index in [0.29, 0.717) is 0 Å². The van der Waals surface area contributed by atoms with Crippen molar-refractivity contribution >= 4 is 0 Å². The number of halogens is 1. The van der Waals surface area contributed by atoms with Crippen molar-refractivity contribution in [2.75, 3.05) is 0 Å². The van der Waals surface area contributed by atoms with Crippen LogP contribution in [0, 0.1) is 5.82 Å². The summed E-state index contributed by atoms with van der Waals surface area (Å²) in [6.45, 7) is 5.03. The standard InChI is InChI=1S/C9H13FN2O2/c1-9(2,3)12-7(13)6(10)5-11(4)8(12)14/h5H,1-4H3. The van der Waals surface area contributed by atoms with E-state index in [0.717, 1.165) is 15.3 Å². The monoisotopic (exact) mass is 200 g/mol. The fourth-order valence-corrected chi connectivity index (χ4v) is 1.22. The van der Waals surface area contributed by atoms with Gasteiger partial charge in [-0.1, -0.05) is 0 Å². The van der Waals surface area contributed by atoms with Crippen LogP contribution in [-0.2, 0) is 12.6 Å². The molecule has 0 N–H and O–H groups in total. The Balaban J connectivity index is 3.75. The van der Waals surface area contributed by atoms with Crippen LogP contribution in [0.15, 0.2) is 15.8 Å². The lowest BCUT2D eigenvalue weighted by Gasteiger charge is -2.21. The van der Waals surface area contributed by atoms with Crippen molar-refractivity contribution in [3.63, 3.8) is 0 Å². The minimum atomic E-state index is -0.915. The largest absolute Gasteiger partial charge is 0.331 e. The minimum Gasteiger partial charge on any atom is -0.301 e. The predicted molar refractivity (Wildman–Crippen MR) is 50.9 cm³/mol. The lowest BCUT2D eigenvalue weighted by atomic mass is 10.1. The van der Waals surface area contributed by atoms with Crippen LogP contribution in [0.3, 0.4) is 0 Å². The van der Waals surface area contributed by atoms with Gasteiger partial charge in [0.15, 0.2) is 0 Å². The molecule has 5 heteroatoms. The fourth-order valence-electron chi connectivity index (χ4n) is 1.22. The van der Waals surface area contributed by atoms with Crippen molar-refractivity contribution in [2.24, 2.45) is 7.05 Å². The normalized spacial score (nSPS) is 11.8. The zero-order chi connectivity index (χ0) is 11.1. The lowest BCUT2D eigenvalue weighted by Crippen LogP contribution is -2.48. The highest BCUT2D eigenvalue weighted by Gasteiger charge is 2.20. The molecule has 0 radical (unpaired) electrons. The number of hydrogen-bond donors (Lipinski definition) is 0. The molecule has 0 aromatic carbocycles. The molecule has 4 nitrogen and oxygen atoms in total. The Morgan fingerprint density at radius 3 is 2.21 bits per heavy atom. The van der Waals surface area contributed by atoms with E-state index in [2.05, 4.69) is 0 Å². The predicted octanol–water partition coefficient (Wildman–Crippen LogP) is 0.441. The SMILES string of the molecule is Cn1cc(F)c(=O)n(C(C)(C)C)c1=O. The summed E-state index contributed by atoms with van der Waals surface area (Å²) in [5.41, 5.74) is -2.10. The van der Waals surface area contributed by atoms with Gasteiger partial charge >= 0.3 is 5.69 Å². The van der Waals surface area contributed by atoms with E-state index in [1.807, 2.05) is 0 Å². The summed E-state index contributed by atoms with van der Waals surface area (Å²) in [5.74, 6) is -0.915. The summed E-state index contributed by atoms with van der Waals surface area (Å²) in [4.78, 5) is 22.9. The molecule has 0 bridgehead atoms. The van der Waals surface area contributed by atoms with E-state index in [1.54, 1.807) is 20.8 Å². The van der Waals surface area contributed by atoms with Crippen LogP contribution >= 0.6 is 0 Å².